The molecule has 0 bridgehead atoms. The van der Waals surface area contributed by atoms with E-state index in [9.17, 15) is 27.6 Å². The molecule has 2 saturated heterocycles. The van der Waals surface area contributed by atoms with Crippen LogP contribution in [0.4, 0.5) is 24.7 Å². The van der Waals surface area contributed by atoms with Crippen molar-refractivity contribution in [2.24, 2.45) is 13.0 Å². The molecule has 3 N–H and O–H groups in total. The first-order chi connectivity index (χ1) is 23.6. The third kappa shape index (κ3) is 7.14. The number of rotatable bonds is 6. The molecule has 0 radical (unpaired) electrons. The summed E-state index contributed by atoms with van der Waals surface area (Å²) in [5, 5.41) is 6.40. The Hall–Kier alpha value is -5.03. The minimum Gasteiger partial charge on any atom is -0.382 e. The minimum absolute atomic E-state index is 0.00524. The second kappa shape index (κ2) is 13.4. The van der Waals surface area contributed by atoms with E-state index in [1.54, 1.807) is 4.90 Å². The summed E-state index contributed by atoms with van der Waals surface area (Å²) < 4.78 is 45.0. The van der Waals surface area contributed by atoms with Gasteiger partial charge in [0.1, 0.15) is 5.82 Å². The number of carbonyl (C=O) groups excluding carboxylic acids is 3. The molecule has 50 heavy (non-hydrogen) atoms. The van der Waals surface area contributed by atoms with Gasteiger partial charge in [-0.3, -0.25) is 14.4 Å². The number of imidazole rings is 1. The van der Waals surface area contributed by atoms with Crippen molar-refractivity contribution in [2.45, 2.75) is 19.0 Å². The van der Waals surface area contributed by atoms with Gasteiger partial charge in [0.25, 0.3) is 11.8 Å². The number of piperidine rings is 1. The minimum atomic E-state index is -4.83. The van der Waals surface area contributed by atoms with Gasteiger partial charge >= 0.3 is 6.18 Å². The van der Waals surface area contributed by atoms with Crippen LogP contribution in [0.2, 0.25) is 5.02 Å². The highest BCUT2D eigenvalue weighted by Gasteiger charge is 2.39. The van der Waals surface area contributed by atoms with Gasteiger partial charge in [-0.25, -0.2) is 19.6 Å². The predicted octanol–water partition coefficient (Wildman–Crippen LogP) is 3.34. The van der Waals surface area contributed by atoms with Gasteiger partial charge in [-0.05, 0) is 18.2 Å². The molecule has 4 aromatic rings. The maximum absolute atomic E-state index is 14.0. The van der Waals surface area contributed by atoms with Crippen molar-refractivity contribution in [1.82, 2.24) is 39.1 Å². The second-order valence-electron chi connectivity index (χ2n) is 13.1. The Bertz CT molecular complexity index is 1920. The first-order valence-corrected chi connectivity index (χ1v) is 16.3. The molecule has 0 aliphatic carbocycles. The van der Waals surface area contributed by atoms with E-state index in [0.29, 0.717) is 26.2 Å². The van der Waals surface area contributed by atoms with Gasteiger partial charge in [-0.2, -0.15) is 18.3 Å². The average Bonchev–Trinajstić information content (AvgIpc) is 3.69. The van der Waals surface area contributed by atoms with Crippen LogP contribution in [0.3, 0.4) is 0 Å². The van der Waals surface area contributed by atoms with Crippen molar-refractivity contribution in [3.63, 3.8) is 0 Å². The number of hydrogen-bond donors (Lipinski definition) is 2. The van der Waals surface area contributed by atoms with Crippen LogP contribution in [-0.4, -0.2) is 115 Å². The molecule has 2 aliphatic rings. The van der Waals surface area contributed by atoms with Crippen LogP contribution in [0.1, 0.15) is 39.5 Å². The van der Waals surface area contributed by atoms with Gasteiger partial charge in [0.2, 0.25) is 5.91 Å². The average molecular weight is 715 g/mol. The molecule has 6 rings (SSSR count). The first kappa shape index (κ1) is 34.8. The zero-order chi connectivity index (χ0) is 36.0. The molecular formula is C32H36ClF3N11O3+. The summed E-state index contributed by atoms with van der Waals surface area (Å²) in [6, 6.07) is 4.41. The maximum atomic E-state index is 14.0. The van der Waals surface area contributed by atoms with E-state index in [4.69, 9.17) is 17.3 Å². The number of amides is 3. The highest BCUT2D eigenvalue weighted by Crippen LogP contribution is 2.37. The van der Waals surface area contributed by atoms with Crippen LogP contribution in [0, 0.1) is 5.92 Å². The zero-order valence-corrected chi connectivity index (χ0v) is 28.4. The van der Waals surface area contributed by atoms with E-state index in [2.05, 4.69) is 39.5 Å². The Kier molecular flexibility index (Phi) is 9.30. The molecule has 14 nitrogen and oxygen atoms in total. The lowest BCUT2D eigenvalue weighted by molar-refractivity contribution is -0.895. The Balaban J connectivity index is 1.11. The molecule has 2 aliphatic heterocycles. The van der Waals surface area contributed by atoms with Gasteiger partial charge in [-0.15, -0.1) is 0 Å². The number of benzene rings is 1. The van der Waals surface area contributed by atoms with Crippen molar-refractivity contribution >= 4 is 40.8 Å². The van der Waals surface area contributed by atoms with Gasteiger partial charge in [0.05, 0.1) is 67.6 Å². The van der Waals surface area contributed by atoms with Crippen LogP contribution in [0.15, 0.2) is 43.0 Å². The molecule has 1 aromatic carbocycles. The smallest absolute Gasteiger partial charge is 0.382 e. The van der Waals surface area contributed by atoms with E-state index in [-0.39, 0.29) is 62.7 Å². The molecule has 18 heteroatoms. The summed E-state index contributed by atoms with van der Waals surface area (Å²) in [4.78, 5) is 55.0. The highest BCUT2D eigenvalue weighted by atomic mass is 35.5. The Morgan fingerprint density at radius 1 is 0.980 bits per heavy atom. The van der Waals surface area contributed by atoms with E-state index in [1.807, 2.05) is 4.90 Å². The van der Waals surface area contributed by atoms with Crippen LogP contribution in [0.5, 0.6) is 0 Å². The number of anilines is 2. The number of alkyl halides is 3. The summed E-state index contributed by atoms with van der Waals surface area (Å²) in [5.74, 6) is -0.943. The number of likely N-dealkylation sites (tertiary alicyclic amines) is 1. The van der Waals surface area contributed by atoms with Gasteiger partial charge in [0, 0.05) is 63.9 Å². The third-order valence-corrected chi connectivity index (χ3v) is 9.51. The molecule has 5 heterocycles. The van der Waals surface area contributed by atoms with E-state index < -0.39 is 17.8 Å². The van der Waals surface area contributed by atoms with Crippen LogP contribution in [-0.2, 0) is 18.0 Å². The molecule has 0 saturated carbocycles. The number of piperazine rings is 1. The highest BCUT2D eigenvalue weighted by molar-refractivity contribution is 6.34. The summed E-state index contributed by atoms with van der Waals surface area (Å²) >= 11 is 6.50. The third-order valence-electron chi connectivity index (χ3n) is 9.19. The Labute approximate surface area is 290 Å². The molecule has 264 valence electrons. The van der Waals surface area contributed by atoms with Gasteiger partial charge < -0.3 is 29.9 Å². The van der Waals surface area contributed by atoms with E-state index in [0.717, 1.165) is 47.5 Å². The SMILES string of the molecule is Cn1c(-c2cn(-c3cnc(N)cn3)nc2C(F)(F)F)cnc1C(=O)Nc1ccc(C(=O)N2CCN(C(=O)C3CC[N+](C)(C)CC3)CC2)c(Cl)c1. The lowest BCUT2D eigenvalue weighted by Gasteiger charge is -2.40. The number of halogens is 4. The molecule has 0 unspecified atom stereocenters. The summed E-state index contributed by atoms with van der Waals surface area (Å²) in [5.41, 5.74) is 4.45. The van der Waals surface area contributed by atoms with Gasteiger partial charge in [0.15, 0.2) is 17.3 Å². The van der Waals surface area contributed by atoms with Crippen molar-refractivity contribution in [2.75, 3.05) is 64.4 Å². The van der Waals surface area contributed by atoms with E-state index >= 15 is 0 Å². The van der Waals surface area contributed by atoms with Crippen molar-refractivity contribution in [3.05, 3.63) is 65.1 Å². The number of nitrogen functional groups attached to an aromatic ring is 1. The summed E-state index contributed by atoms with van der Waals surface area (Å²) in [7, 11) is 5.74. The number of quaternary nitrogens is 1. The first-order valence-electron chi connectivity index (χ1n) is 15.9. The quantitative estimate of drug-likeness (QED) is 0.288. The predicted molar refractivity (Wildman–Crippen MR) is 177 cm³/mol. The lowest BCUT2D eigenvalue weighted by atomic mass is 9.94. The fourth-order valence-corrected chi connectivity index (χ4v) is 6.50. The Morgan fingerprint density at radius 3 is 2.28 bits per heavy atom. The molecule has 3 aromatic heterocycles. The molecule has 0 spiro atoms. The zero-order valence-electron chi connectivity index (χ0n) is 27.6. The largest absolute Gasteiger partial charge is 0.435 e. The normalized spacial score (nSPS) is 16.8. The van der Waals surface area contributed by atoms with Crippen molar-refractivity contribution < 1.29 is 32.0 Å². The maximum Gasteiger partial charge on any atom is 0.435 e. The fraction of sp³-hybridized carbons (Fsp3) is 0.406. The molecule has 0 atom stereocenters. The summed E-state index contributed by atoms with van der Waals surface area (Å²) in [6.45, 7) is 3.55. The van der Waals surface area contributed by atoms with Crippen LogP contribution < -0.4 is 11.1 Å². The second-order valence-corrected chi connectivity index (χ2v) is 13.5. The van der Waals surface area contributed by atoms with Gasteiger partial charge in [-0.1, -0.05) is 11.6 Å². The van der Waals surface area contributed by atoms with Crippen LogP contribution >= 0.6 is 11.6 Å². The lowest BCUT2D eigenvalue weighted by Crippen LogP contribution is -2.54. The number of nitrogens with zero attached hydrogens (tertiary/aromatic N) is 9. The number of aromatic nitrogens is 6. The number of hydrogen-bond acceptors (Lipinski definition) is 8. The standard InChI is InChI=1S/C32H35ClF3N11O3/c1-43-24(22-18-46(42-27(22)32(34,35)36)26-17-38-25(37)16-39-26)15-40-28(43)29(48)41-20-4-5-21(23(33)14-20)31(50)45-10-8-44(9-11-45)30(49)19-6-12-47(2,3)13-7-19/h4-5,14-19H,6-13H2,1-3H3,(H2-,37,38,41,48,50)/p+1. The Morgan fingerprint density at radius 2 is 1.66 bits per heavy atom. The van der Waals surface area contributed by atoms with E-state index in [1.165, 1.54) is 42.2 Å². The fourth-order valence-electron chi connectivity index (χ4n) is 6.23. The number of nitrogens with one attached hydrogen (secondary N) is 1. The molecular weight excluding hydrogens is 679 g/mol. The van der Waals surface area contributed by atoms with Crippen molar-refractivity contribution in [1.29, 1.82) is 0 Å². The monoisotopic (exact) mass is 714 g/mol. The summed E-state index contributed by atoms with van der Waals surface area (Å²) in [6.07, 6.45) is 1.51. The number of carbonyl (C=O) groups is 3. The molecule has 2 fully saturated rings. The topological polar surface area (TPSA) is 157 Å². The molecule has 3 amide bonds. The van der Waals surface area contributed by atoms with Crippen LogP contribution in [0.25, 0.3) is 17.1 Å². The number of nitrogens with two attached hydrogens (primary N) is 1. The van der Waals surface area contributed by atoms with Crippen molar-refractivity contribution in [3.8, 4) is 17.1 Å².